The third-order valence-electron chi connectivity index (χ3n) is 6.09. The first-order chi connectivity index (χ1) is 16.5. The van der Waals surface area contributed by atoms with Gasteiger partial charge in [-0.2, -0.15) is 0 Å². The number of hydrogen-bond acceptors (Lipinski definition) is 5. The SMILES string of the molecule is COc1ccc(C(C)(C)C)cc1/C(O)=C1\C(=O)C(=O)N(c2ccccc2)C1c1ccc(O)c(Cl)c1. The molecule has 7 heteroatoms. The highest BCUT2D eigenvalue weighted by atomic mass is 35.5. The maximum atomic E-state index is 13.4. The number of phenolic OH excluding ortho intramolecular Hbond substituents is 1. The van der Waals surface area contributed by atoms with Crippen LogP contribution in [0.15, 0.2) is 72.3 Å². The molecule has 35 heavy (non-hydrogen) atoms. The van der Waals surface area contributed by atoms with Crippen LogP contribution in [0.4, 0.5) is 5.69 Å². The lowest BCUT2D eigenvalue weighted by Gasteiger charge is -2.26. The first-order valence-corrected chi connectivity index (χ1v) is 11.5. The number of ether oxygens (including phenoxy) is 1. The van der Waals surface area contributed by atoms with Crippen LogP contribution >= 0.6 is 11.6 Å². The molecule has 1 fully saturated rings. The van der Waals surface area contributed by atoms with E-state index >= 15 is 0 Å². The Morgan fingerprint density at radius 2 is 1.69 bits per heavy atom. The van der Waals surface area contributed by atoms with Gasteiger partial charge in [-0.15, -0.1) is 0 Å². The molecule has 4 rings (SSSR count). The summed E-state index contributed by atoms with van der Waals surface area (Å²) in [5.74, 6) is -1.73. The minimum absolute atomic E-state index is 0.0634. The van der Waals surface area contributed by atoms with Crippen molar-refractivity contribution in [2.45, 2.75) is 32.2 Å². The number of aromatic hydroxyl groups is 1. The number of carbonyl (C=O) groups is 2. The van der Waals surface area contributed by atoms with Gasteiger partial charge >= 0.3 is 0 Å². The lowest BCUT2D eigenvalue weighted by Crippen LogP contribution is -2.29. The van der Waals surface area contributed by atoms with Crippen molar-refractivity contribution in [3.8, 4) is 11.5 Å². The van der Waals surface area contributed by atoms with Gasteiger partial charge in [0.1, 0.15) is 17.3 Å². The molecule has 180 valence electrons. The summed E-state index contributed by atoms with van der Waals surface area (Å²) >= 11 is 6.18. The quantitative estimate of drug-likeness (QED) is 0.266. The number of para-hydroxylation sites is 1. The maximum absolute atomic E-state index is 13.4. The highest BCUT2D eigenvalue weighted by Crippen LogP contribution is 2.44. The predicted molar refractivity (Wildman–Crippen MR) is 136 cm³/mol. The van der Waals surface area contributed by atoms with Crippen molar-refractivity contribution >= 4 is 34.7 Å². The Balaban J connectivity index is 2.01. The second-order valence-corrected chi connectivity index (χ2v) is 9.79. The van der Waals surface area contributed by atoms with Gasteiger partial charge in [-0.25, -0.2) is 0 Å². The van der Waals surface area contributed by atoms with E-state index in [1.807, 2.05) is 26.8 Å². The van der Waals surface area contributed by atoms with Crippen molar-refractivity contribution in [3.63, 3.8) is 0 Å². The highest BCUT2D eigenvalue weighted by Gasteiger charge is 2.47. The van der Waals surface area contributed by atoms with Crippen LogP contribution in [0.5, 0.6) is 11.5 Å². The Morgan fingerprint density at radius 3 is 2.29 bits per heavy atom. The Morgan fingerprint density at radius 1 is 1.00 bits per heavy atom. The fourth-order valence-electron chi connectivity index (χ4n) is 4.20. The van der Waals surface area contributed by atoms with Crippen molar-refractivity contribution in [3.05, 3.63) is 94.0 Å². The Labute approximate surface area is 209 Å². The van der Waals surface area contributed by atoms with Crippen LogP contribution in [-0.2, 0) is 15.0 Å². The molecule has 1 atom stereocenters. The van der Waals surface area contributed by atoms with Crippen molar-refractivity contribution < 1.29 is 24.5 Å². The smallest absolute Gasteiger partial charge is 0.300 e. The monoisotopic (exact) mass is 491 g/mol. The fraction of sp³-hybridized carbons (Fsp3) is 0.214. The van der Waals surface area contributed by atoms with E-state index in [0.29, 0.717) is 22.6 Å². The van der Waals surface area contributed by atoms with Crippen LogP contribution in [0.1, 0.15) is 43.5 Å². The second kappa shape index (κ2) is 9.12. The van der Waals surface area contributed by atoms with E-state index in [4.69, 9.17) is 16.3 Å². The van der Waals surface area contributed by atoms with E-state index < -0.39 is 17.7 Å². The van der Waals surface area contributed by atoms with E-state index in [0.717, 1.165) is 5.56 Å². The summed E-state index contributed by atoms with van der Waals surface area (Å²) in [4.78, 5) is 28.0. The number of halogens is 1. The van der Waals surface area contributed by atoms with Crippen LogP contribution in [0.25, 0.3) is 5.76 Å². The zero-order valence-corrected chi connectivity index (χ0v) is 20.6. The number of phenols is 1. The van der Waals surface area contributed by atoms with E-state index in [9.17, 15) is 19.8 Å². The number of aliphatic hydroxyl groups excluding tert-OH is 1. The molecule has 1 amide bonds. The number of hydrogen-bond donors (Lipinski definition) is 2. The zero-order valence-electron chi connectivity index (χ0n) is 19.9. The molecule has 1 unspecified atom stereocenters. The molecule has 0 aliphatic carbocycles. The number of benzene rings is 3. The molecule has 3 aromatic rings. The van der Waals surface area contributed by atoms with Crippen LogP contribution in [0, 0.1) is 0 Å². The first kappa shape index (κ1) is 24.4. The molecule has 6 nitrogen and oxygen atoms in total. The molecule has 0 aromatic heterocycles. The number of carbonyl (C=O) groups excluding carboxylic acids is 2. The number of rotatable bonds is 4. The molecule has 0 spiro atoms. The number of anilines is 1. The van der Waals surface area contributed by atoms with Gasteiger partial charge in [-0.05, 0) is 52.9 Å². The van der Waals surface area contributed by atoms with Crippen molar-refractivity contribution in [1.82, 2.24) is 0 Å². The van der Waals surface area contributed by atoms with Gasteiger partial charge in [0.15, 0.2) is 0 Å². The molecular weight excluding hydrogens is 466 g/mol. The lowest BCUT2D eigenvalue weighted by molar-refractivity contribution is -0.132. The van der Waals surface area contributed by atoms with E-state index in [1.54, 1.807) is 48.5 Å². The number of amides is 1. The molecular formula is C28H26ClNO5. The van der Waals surface area contributed by atoms with E-state index in [1.165, 1.54) is 24.1 Å². The highest BCUT2D eigenvalue weighted by molar-refractivity contribution is 6.51. The van der Waals surface area contributed by atoms with Crippen LogP contribution in [0.3, 0.4) is 0 Å². The summed E-state index contributed by atoms with van der Waals surface area (Å²) < 4.78 is 5.48. The van der Waals surface area contributed by atoms with Crippen LogP contribution in [-0.4, -0.2) is 29.0 Å². The molecule has 0 radical (unpaired) electrons. The number of ketones is 1. The molecule has 0 saturated carbocycles. The summed E-state index contributed by atoms with van der Waals surface area (Å²) in [6.45, 7) is 6.10. The average Bonchev–Trinajstić information content (AvgIpc) is 3.10. The van der Waals surface area contributed by atoms with Gasteiger partial charge in [0.25, 0.3) is 11.7 Å². The van der Waals surface area contributed by atoms with Gasteiger partial charge in [0.2, 0.25) is 0 Å². The summed E-state index contributed by atoms with van der Waals surface area (Å²) in [5.41, 5.74) is 1.84. The largest absolute Gasteiger partial charge is 0.507 e. The average molecular weight is 492 g/mol. The third kappa shape index (κ3) is 4.37. The van der Waals surface area contributed by atoms with Crippen molar-refractivity contribution in [2.75, 3.05) is 12.0 Å². The molecule has 2 N–H and O–H groups in total. The number of nitrogens with zero attached hydrogens (tertiary/aromatic N) is 1. The van der Waals surface area contributed by atoms with E-state index in [2.05, 4.69) is 0 Å². The van der Waals surface area contributed by atoms with Crippen LogP contribution < -0.4 is 9.64 Å². The summed E-state index contributed by atoms with van der Waals surface area (Å²) in [5, 5.41) is 21.6. The summed E-state index contributed by atoms with van der Waals surface area (Å²) in [6, 6.07) is 17.6. The summed E-state index contributed by atoms with van der Waals surface area (Å²) in [6.07, 6.45) is 0. The Hall–Kier alpha value is -3.77. The predicted octanol–water partition coefficient (Wildman–Crippen LogP) is 5.98. The summed E-state index contributed by atoms with van der Waals surface area (Å²) in [7, 11) is 1.47. The Bertz CT molecular complexity index is 1340. The van der Waals surface area contributed by atoms with Crippen LogP contribution in [0.2, 0.25) is 5.02 Å². The molecule has 1 aliphatic rings. The zero-order chi connectivity index (χ0) is 25.5. The molecule has 1 saturated heterocycles. The minimum atomic E-state index is -0.974. The first-order valence-electron chi connectivity index (χ1n) is 11.1. The van der Waals surface area contributed by atoms with Gasteiger partial charge in [-0.1, -0.05) is 62.7 Å². The molecule has 0 bridgehead atoms. The van der Waals surface area contributed by atoms with Gasteiger partial charge in [-0.3, -0.25) is 14.5 Å². The van der Waals surface area contributed by atoms with Crippen molar-refractivity contribution in [2.24, 2.45) is 0 Å². The lowest BCUT2D eigenvalue weighted by atomic mass is 9.85. The molecule has 3 aromatic carbocycles. The fourth-order valence-corrected chi connectivity index (χ4v) is 4.39. The Kier molecular flexibility index (Phi) is 6.34. The topological polar surface area (TPSA) is 87.1 Å². The number of Topliss-reactive ketones (excluding diaryl/α,β-unsaturated/α-hetero) is 1. The molecule has 1 aliphatic heterocycles. The van der Waals surface area contributed by atoms with Gasteiger partial charge in [0, 0.05) is 5.69 Å². The van der Waals surface area contributed by atoms with Gasteiger partial charge < -0.3 is 14.9 Å². The minimum Gasteiger partial charge on any atom is -0.507 e. The number of aliphatic hydroxyl groups is 1. The van der Waals surface area contributed by atoms with Gasteiger partial charge in [0.05, 0.1) is 29.3 Å². The standard InChI is InChI=1S/C28H26ClNO5/c1-28(2,3)17-11-13-22(35-4)19(15-17)25(32)23-24(16-10-12-21(31)20(29)14-16)30(27(34)26(23)33)18-8-6-5-7-9-18/h5-15,24,31-32H,1-4H3/b25-23+. The third-order valence-corrected chi connectivity index (χ3v) is 6.39. The second-order valence-electron chi connectivity index (χ2n) is 9.38. The maximum Gasteiger partial charge on any atom is 0.300 e. The van der Waals surface area contributed by atoms with Crippen molar-refractivity contribution in [1.29, 1.82) is 0 Å². The normalized spacial score (nSPS) is 17.6. The molecule has 1 heterocycles. The van der Waals surface area contributed by atoms with E-state index in [-0.39, 0.29) is 27.5 Å². The number of methoxy groups -OCH3 is 1.